The molecule has 9 nitrogen and oxygen atoms in total. The molecule has 1 aromatic carbocycles. The lowest BCUT2D eigenvalue weighted by atomic mass is 10.00. The van der Waals surface area contributed by atoms with Crippen LogP contribution in [0.25, 0.3) is 0 Å². The number of aliphatic imine (C=N–C) groups is 1. The van der Waals surface area contributed by atoms with E-state index >= 15 is 0 Å². The zero-order valence-electron chi connectivity index (χ0n) is 16.8. The van der Waals surface area contributed by atoms with Crippen LogP contribution in [0.5, 0.6) is 5.75 Å². The molecule has 166 valence electrons. The Morgan fingerprint density at radius 3 is 2.14 bits per heavy atom. The number of halogens is 1. The number of hydrogen-bond acceptors (Lipinski definition) is 6. The van der Waals surface area contributed by atoms with E-state index in [4.69, 9.17) is 10.5 Å². The first-order chi connectivity index (χ1) is 13.0. The van der Waals surface area contributed by atoms with Gasteiger partial charge in [0.15, 0.2) is 5.96 Å². The van der Waals surface area contributed by atoms with E-state index in [9.17, 15) is 16.8 Å². The molecule has 1 aliphatic rings. The third-order valence-electron chi connectivity index (χ3n) is 4.39. The van der Waals surface area contributed by atoms with Gasteiger partial charge in [0.2, 0.25) is 20.0 Å². The highest BCUT2D eigenvalue weighted by atomic mass is 127. The number of nitrogens with two attached hydrogens (primary N) is 1. The minimum atomic E-state index is -3.96. The number of nitrogens with zero attached hydrogens (tertiary/aromatic N) is 3. The van der Waals surface area contributed by atoms with Crippen molar-refractivity contribution in [3.63, 3.8) is 0 Å². The summed E-state index contributed by atoms with van der Waals surface area (Å²) in [7, 11) is -7.93. The second-order valence-electron chi connectivity index (χ2n) is 6.98. The van der Waals surface area contributed by atoms with E-state index in [1.165, 1.54) is 24.3 Å². The van der Waals surface area contributed by atoms with E-state index in [0.717, 1.165) is 44.4 Å². The molecule has 2 N–H and O–H groups in total. The average Bonchev–Trinajstić information content (AvgIpc) is 2.58. The predicted octanol–water partition coefficient (Wildman–Crippen LogP) is 1.46. The van der Waals surface area contributed by atoms with Crippen molar-refractivity contribution < 1.29 is 21.6 Å². The van der Waals surface area contributed by atoms with Gasteiger partial charge in [-0.15, -0.1) is 24.0 Å². The molecule has 0 bridgehead atoms. The molecule has 0 aromatic heterocycles. The maximum atomic E-state index is 11.8. The Kier molecular flexibility index (Phi) is 9.47. The molecule has 12 heteroatoms. The summed E-state index contributed by atoms with van der Waals surface area (Å²) in [6, 6.07) is 5.78. The number of guanidine groups is 1. The molecule has 0 radical (unpaired) electrons. The minimum Gasteiger partial charge on any atom is -0.492 e. The molecule has 29 heavy (non-hydrogen) atoms. The molecule has 2 rings (SSSR count). The molecule has 0 aliphatic carbocycles. The van der Waals surface area contributed by atoms with Gasteiger partial charge in [0.05, 0.1) is 24.7 Å². The van der Waals surface area contributed by atoms with Gasteiger partial charge in [-0.1, -0.05) is 6.92 Å². The summed E-state index contributed by atoms with van der Waals surface area (Å²) in [6.07, 6.45) is 3.89. The lowest BCUT2D eigenvalue weighted by Gasteiger charge is -2.31. The molecule has 1 aliphatic heterocycles. The van der Waals surface area contributed by atoms with Gasteiger partial charge in [0.25, 0.3) is 0 Å². The quantitative estimate of drug-likeness (QED) is 0.232. The summed E-state index contributed by atoms with van der Waals surface area (Å²) in [4.78, 5) is 6.40. The maximum Gasteiger partial charge on any atom is 0.245 e. The Morgan fingerprint density at radius 1 is 1.14 bits per heavy atom. The van der Waals surface area contributed by atoms with Gasteiger partial charge in [0.1, 0.15) is 12.4 Å². The van der Waals surface area contributed by atoms with Crippen molar-refractivity contribution in [2.45, 2.75) is 19.8 Å². The van der Waals surface area contributed by atoms with Crippen LogP contribution in [0.2, 0.25) is 0 Å². The highest BCUT2D eigenvalue weighted by Gasteiger charge is 2.27. The predicted molar refractivity (Wildman–Crippen MR) is 126 cm³/mol. The molecule has 0 atom stereocenters. The fourth-order valence-corrected chi connectivity index (χ4v) is 5.93. The fourth-order valence-electron chi connectivity index (χ4n) is 2.95. The highest BCUT2D eigenvalue weighted by Crippen LogP contribution is 2.24. The minimum absolute atomic E-state index is 0. The van der Waals surface area contributed by atoms with Gasteiger partial charge in [-0.2, -0.15) is 3.71 Å². The van der Waals surface area contributed by atoms with Crippen LogP contribution in [-0.4, -0.2) is 66.4 Å². The van der Waals surface area contributed by atoms with Crippen molar-refractivity contribution in [2.75, 3.05) is 42.5 Å². The smallest absolute Gasteiger partial charge is 0.245 e. The third kappa shape index (κ3) is 7.81. The standard InChI is InChI=1S/C17H28N4O5S2.HI/c1-14-8-11-20(12-9-14)17(18)19-10-13-26-16-6-4-15(5-7-16)21(27(2,22)23)28(3,24)25;/h4-7,14H,8-13H2,1-3H3,(H2,18,19);1H. The molecule has 1 saturated heterocycles. The van der Waals surface area contributed by atoms with Crippen molar-refractivity contribution in [3.05, 3.63) is 24.3 Å². The van der Waals surface area contributed by atoms with Gasteiger partial charge >= 0.3 is 0 Å². The Bertz CT molecular complexity index is 864. The maximum absolute atomic E-state index is 11.8. The van der Waals surface area contributed by atoms with E-state index in [1.54, 1.807) is 0 Å². The first kappa shape index (κ1) is 25.8. The van der Waals surface area contributed by atoms with E-state index in [0.29, 0.717) is 28.6 Å². The van der Waals surface area contributed by atoms with Crippen molar-refractivity contribution in [1.29, 1.82) is 0 Å². The molecule has 1 aromatic rings. The molecule has 0 saturated carbocycles. The first-order valence-corrected chi connectivity index (χ1v) is 12.7. The van der Waals surface area contributed by atoms with Gasteiger partial charge in [0, 0.05) is 13.1 Å². The monoisotopic (exact) mass is 560 g/mol. The molecule has 0 spiro atoms. The molecular weight excluding hydrogens is 531 g/mol. The Morgan fingerprint density at radius 2 is 1.66 bits per heavy atom. The van der Waals surface area contributed by atoms with Gasteiger partial charge in [-0.25, -0.2) is 21.8 Å². The van der Waals surface area contributed by atoms with Crippen molar-refractivity contribution in [3.8, 4) is 5.75 Å². The van der Waals surface area contributed by atoms with E-state index in [1.807, 2.05) is 0 Å². The molecular formula is C17H29IN4O5S2. The van der Waals surface area contributed by atoms with Crippen LogP contribution in [0, 0.1) is 5.92 Å². The summed E-state index contributed by atoms with van der Waals surface area (Å²) >= 11 is 0. The number of ether oxygens (including phenoxy) is 1. The molecule has 1 fully saturated rings. The number of hydrogen-bond donors (Lipinski definition) is 1. The normalized spacial score (nSPS) is 16.2. The topological polar surface area (TPSA) is 122 Å². The van der Waals surface area contributed by atoms with Crippen LogP contribution >= 0.6 is 24.0 Å². The average molecular weight is 560 g/mol. The van der Waals surface area contributed by atoms with Crippen LogP contribution < -0.4 is 14.2 Å². The van der Waals surface area contributed by atoms with Crippen molar-refractivity contribution in [2.24, 2.45) is 16.6 Å². The van der Waals surface area contributed by atoms with Gasteiger partial charge in [-0.05, 0) is 43.0 Å². The number of rotatable bonds is 7. The molecule has 0 amide bonds. The Balaban J connectivity index is 0.00000420. The number of sulfonamides is 2. The lowest BCUT2D eigenvalue weighted by molar-refractivity contribution is 0.276. The van der Waals surface area contributed by atoms with E-state index in [-0.39, 0.29) is 29.7 Å². The van der Waals surface area contributed by atoms with Crippen molar-refractivity contribution in [1.82, 2.24) is 4.90 Å². The summed E-state index contributed by atoms with van der Waals surface area (Å²) < 4.78 is 53.0. The number of piperidine rings is 1. The lowest BCUT2D eigenvalue weighted by Crippen LogP contribution is -2.42. The number of likely N-dealkylation sites (tertiary alicyclic amines) is 1. The number of benzene rings is 1. The van der Waals surface area contributed by atoms with Crippen LogP contribution in [0.3, 0.4) is 0 Å². The van der Waals surface area contributed by atoms with Crippen LogP contribution in [-0.2, 0) is 20.0 Å². The largest absolute Gasteiger partial charge is 0.492 e. The van der Waals surface area contributed by atoms with Crippen LogP contribution in [0.4, 0.5) is 5.69 Å². The van der Waals surface area contributed by atoms with Crippen LogP contribution in [0.1, 0.15) is 19.8 Å². The van der Waals surface area contributed by atoms with Gasteiger partial charge < -0.3 is 15.4 Å². The summed E-state index contributed by atoms with van der Waals surface area (Å²) in [5, 5.41) is 0. The third-order valence-corrected chi connectivity index (χ3v) is 7.64. The second-order valence-corrected chi connectivity index (χ2v) is 10.9. The molecule has 1 heterocycles. The highest BCUT2D eigenvalue weighted by molar-refractivity contribution is 14.0. The van der Waals surface area contributed by atoms with Crippen molar-refractivity contribution >= 4 is 55.7 Å². The van der Waals surface area contributed by atoms with E-state index < -0.39 is 20.0 Å². The van der Waals surface area contributed by atoms with Crippen LogP contribution in [0.15, 0.2) is 29.3 Å². The Hall–Kier alpha value is -1.28. The van der Waals surface area contributed by atoms with E-state index in [2.05, 4.69) is 16.8 Å². The molecule has 0 unspecified atom stereocenters. The SMILES string of the molecule is CC1CCN(C(N)=NCCOc2ccc(N(S(C)(=O)=O)S(C)(=O)=O)cc2)CC1.I. The van der Waals surface area contributed by atoms with Gasteiger partial charge in [-0.3, -0.25) is 0 Å². The summed E-state index contributed by atoms with van der Waals surface area (Å²) in [5.41, 5.74) is 6.04. The zero-order valence-corrected chi connectivity index (χ0v) is 20.8. The summed E-state index contributed by atoms with van der Waals surface area (Å²) in [5.74, 6) is 1.71. The number of anilines is 1. The first-order valence-electron chi connectivity index (χ1n) is 8.96. The summed E-state index contributed by atoms with van der Waals surface area (Å²) in [6.45, 7) is 4.74. The second kappa shape index (κ2) is 10.7. The zero-order chi connectivity index (χ0) is 20.9. The fraction of sp³-hybridized carbons (Fsp3) is 0.588. The Labute approximate surface area is 190 Å².